The first kappa shape index (κ1) is 19.2. The third-order valence-electron chi connectivity index (χ3n) is 4.90. The number of rotatable bonds is 6. The van der Waals surface area contributed by atoms with Crippen LogP contribution in [0.1, 0.15) is 34.7 Å². The zero-order chi connectivity index (χ0) is 19.2. The second-order valence-corrected chi connectivity index (χ2v) is 6.93. The van der Waals surface area contributed by atoms with Crippen molar-refractivity contribution in [3.05, 3.63) is 58.8 Å². The van der Waals surface area contributed by atoms with E-state index in [1.807, 2.05) is 38.1 Å². The lowest BCUT2D eigenvalue weighted by Crippen LogP contribution is -2.39. The normalized spacial score (nSPS) is 18.9. The maximum Gasteiger partial charge on any atom is 0.315 e. The summed E-state index contributed by atoms with van der Waals surface area (Å²) in [4.78, 5) is 16.5. The van der Waals surface area contributed by atoms with Crippen molar-refractivity contribution in [3.8, 4) is 5.88 Å². The van der Waals surface area contributed by atoms with Crippen LogP contribution in [0.3, 0.4) is 0 Å². The summed E-state index contributed by atoms with van der Waals surface area (Å²) < 4.78 is 11.2. The summed E-state index contributed by atoms with van der Waals surface area (Å²) in [7, 11) is 1.59. The summed E-state index contributed by atoms with van der Waals surface area (Å²) in [6.45, 7) is 5.47. The van der Waals surface area contributed by atoms with E-state index in [2.05, 4.69) is 27.8 Å². The number of aryl methyl sites for hydroxylation is 2. The summed E-state index contributed by atoms with van der Waals surface area (Å²) in [6.07, 6.45) is 0.956. The number of ether oxygens (including phenoxy) is 2. The minimum Gasteiger partial charge on any atom is -0.481 e. The van der Waals surface area contributed by atoms with Gasteiger partial charge in [-0.2, -0.15) is 0 Å². The fourth-order valence-electron chi connectivity index (χ4n) is 3.46. The van der Waals surface area contributed by atoms with Gasteiger partial charge in [-0.15, -0.1) is 0 Å². The summed E-state index contributed by atoms with van der Waals surface area (Å²) in [5, 5.41) is 5.77. The van der Waals surface area contributed by atoms with E-state index in [-0.39, 0.29) is 12.1 Å². The highest BCUT2D eigenvalue weighted by molar-refractivity contribution is 5.74. The van der Waals surface area contributed by atoms with E-state index in [4.69, 9.17) is 9.47 Å². The Morgan fingerprint density at radius 1 is 1.26 bits per heavy atom. The van der Waals surface area contributed by atoms with Crippen LogP contribution in [0, 0.1) is 13.8 Å². The van der Waals surface area contributed by atoms with Crippen LogP contribution in [-0.4, -0.2) is 37.4 Å². The predicted octanol–water partition coefficient (Wildman–Crippen LogP) is 3.08. The van der Waals surface area contributed by atoms with Gasteiger partial charge in [-0.25, -0.2) is 9.78 Å². The number of nitrogens with one attached hydrogen (secondary N) is 2. The van der Waals surface area contributed by atoms with Gasteiger partial charge in [-0.1, -0.05) is 30.3 Å². The van der Waals surface area contributed by atoms with Gasteiger partial charge in [0.1, 0.15) is 0 Å². The molecule has 2 N–H and O–H groups in total. The summed E-state index contributed by atoms with van der Waals surface area (Å²) in [5.41, 5.74) is 4.12. The molecule has 1 aliphatic rings. The van der Waals surface area contributed by atoms with Crippen LogP contribution in [0.4, 0.5) is 4.79 Å². The smallest absolute Gasteiger partial charge is 0.315 e. The highest BCUT2D eigenvalue weighted by Gasteiger charge is 2.26. The molecule has 2 atom stereocenters. The van der Waals surface area contributed by atoms with Crippen LogP contribution in [0.2, 0.25) is 0 Å². The number of methoxy groups -OCH3 is 1. The molecule has 27 heavy (non-hydrogen) atoms. The highest BCUT2D eigenvalue weighted by atomic mass is 16.5. The lowest BCUT2D eigenvalue weighted by atomic mass is 9.96. The number of carbonyl (C=O) groups is 1. The topological polar surface area (TPSA) is 72.5 Å². The number of carbonyl (C=O) groups excluding carboxylic acids is 1. The monoisotopic (exact) mass is 369 g/mol. The number of pyridine rings is 1. The standard InChI is InChI=1S/C21H27N3O3/c1-14-9-15(2)24-20(26-3)19(14)12-23-21(25)22-11-18-10-17(13-27-18)16-7-5-4-6-8-16/h4-9,17-18H,10-13H2,1-3H3,(H2,22,23,25)/t17-,18-/m0/s1. The van der Waals surface area contributed by atoms with E-state index in [9.17, 15) is 4.79 Å². The number of aromatic nitrogens is 1. The van der Waals surface area contributed by atoms with Crippen molar-refractivity contribution in [2.75, 3.05) is 20.3 Å². The predicted molar refractivity (Wildman–Crippen MR) is 104 cm³/mol. The Labute approximate surface area is 160 Å². The number of hydrogen-bond donors (Lipinski definition) is 2. The molecule has 1 aromatic carbocycles. The quantitative estimate of drug-likeness (QED) is 0.821. The van der Waals surface area contributed by atoms with Gasteiger partial charge in [0.25, 0.3) is 0 Å². The zero-order valence-electron chi connectivity index (χ0n) is 16.1. The second kappa shape index (κ2) is 8.86. The van der Waals surface area contributed by atoms with Gasteiger partial charge >= 0.3 is 6.03 Å². The van der Waals surface area contributed by atoms with E-state index in [1.54, 1.807) is 7.11 Å². The molecule has 1 saturated heterocycles. The first-order chi connectivity index (χ1) is 13.1. The Hall–Kier alpha value is -2.60. The van der Waals surface area contributed by atoms with E-state index < -0.39 is 0 Å². The Morgan fingerprint density at radius 2 is 2.04 bits per heavy atom. The number of nitrogens with zero attached hydrogens (tertiary/aromatic N) is 1. The molecule has 0 saturated carbocycles. The Bertz CT molecular complexity index is 780. The molecule has 0 bridgehead atoms. The number of benzene rings is 1. The molecule has 0 aliphatic carbocycles. The van der Waals surface area contributed by atoms with Gasteiger partial charge in [-0.05, 0) is 37.5 Å². The van der Waals surface area contributed by atoms with Crippen molar-refractivity contribution < 1.29 is 14.3 Å². The summed E-state index contributed by atoms with van der Waals surface area (Å²) in [5.74, 6) is 0.948. The maximum atomic E-state index is 12.2. The second-order valence-electron chi connectivity index (χ2n) is 6.93. The fourth-order valence-corrected chi connectivity index (χ4v) is 3.46. The van der Waals surface area contributed by atoms with Gasteiger partial charge in [0.2, 0.25) is 5.88 Å². The highest BCUT2D eigenvalue weighted by Crippen LogP contribution is 2.28. The molecule has 144 valence electrons. The number of urea groups is 1. The van der Waals surface area contributed by atoms with Crippen molar-refractivity contribution >= 4 is 6.03 Å². The SMILES string of the molecule is COc1nc(C)cc(C)c1CNC(=O)NC[C@@H]1C[C@H](c2ccccc2)CO1. The zero-order valence-corrected chi connectivity index (χ0v) is 16.1. The first-order valence-electron chi connectivity index (χ1n) is 9.26. The number of amides is 2. The van der Waals surface area contributed by atoms with Crippen molar-refractivity contribution in [1.29, 1.82) is 0 Å². The van der Waals surface area contributed by atoms with Gasteiger partial charge in [-0.3, -0.25) is 0 Å². The van der Waals surface area contributed by atoms with Crippen LogP contribution in [0.15, 0.2) is 36.4 Å². The van der Waals surface area contributed by atoms with Crippen LogP contribution in [0.5, 0.6) is 5.88 Å². The third kappa shape index (κ3) is 4.98. The van der Waals surface area contributed by atoms with Crippen LogP contribution < -0.4 is 15.4 Å². The van der Waals surface area contributed by atoms with Crippen LogP contribution in [0.25, 0.3) is 0 Å². The number of hydrogen-bond acceptors (Lipinski definition) is 4. The Balaban J connectivity index is 1.46. The molecule has 0 spiro atoms. The molecule has 1 fully saturated rings. The minimum absolute atomic E-state index is 0.0401. The van der Waals surface area contributed by atoms with Crippen molar-refractivity contribution in [1.82, 2.24) is 15.6 Å². The first-order valence-corrected chi connectivity index (χ1v) is 9.26. The fraction of sp³-hybridized carbons (Fsp3) is 0.429. The molecule has 1 aliphatic heterocycles. The van der Waals surface area contributed by atoms with Gasteiger partial charge in [0.15, 0.2) is 0 Å². The van der Waals surface area contributed by atoms with E-state index in [0.29, 0.717) is 31.5 Å². The molecule has 0 unspecified atom stereocenters. The molecule has 2 amide bonds. The minimum atomic E-state index is -0.219. The van der Waals surface area contributed by atoms with Crippen molar-refractivity contribution in [2.45, 2.75) is 38.8 Å². The van der Waals surface area contributed by atoms with Gasteiger partial charge in [0, 0.05) is 23.7 Å². The average Bonchev–Trinajstić information content (AvgIpc) is 3.15. The maximum absolute atomic E-state index is 12.2. The Kier molecular flexibility index (Phi) is 6.29. The van der Waals surface area contributed by atoms with E-state index in [1.165, 1.54) is 5.56 Å². The molecule has 2 aromatic rings. The molecule has 1 aromatic heterocycles. The van der Waals surface area contributed by atoms with E-state index >= 15 is 0 Å². The molecule has 6 nitrogen and oxygen atoms in total. The third-order valence-corrected chi connectivity index (χ3v) is 4.90. The summed E-state index contributed by atoms with van der Waals surface area (Å²) in [6, 6.07) is 12.1. The van der Waals surface area contributed by atoms with E-state index in [0.717, 1.165) is 23.2 Å². The molecular weight excluding hydrogens is 342 g/mol. The van der Waals surface area contributed by atoms with Crippen LogP contribution in [-0.2, 0) is 11.3 Å². The molecule has 6 heteroatoms. The molecule has 3 rings (SSSR count). The summed E-state index contributed by atoms with van der Waals surface area (Å²) >= 11 is 0. The van der Waals surface area contributed by atoms with Crippen molar-refractivity contribution in [3.63, 3.8) is 0 Å². The van der Waals surface area contributed by atoms with Gasteiger partial charge < -0.3 is 20.1 Å². The van der Waals surface area contributed by atoms with Crippen LogP contribution >= 0.6 is 0 Å². The molecule has 0 radical (unpaired) electrons. The largest absolute Gasteiger partial charge is 0.481 e. The molecule has 2 heterocycles. The van der Waals surface area contributed by atoms with Gasteiger partial charge in [0.05, 0.1) is 26.4 Å². The lowest BCUT2D eigenvalue weighted by Gasteiger charge is -2.14. The average molecular weight is 369 g/mol. The van der Waals surface area contributed by atoms with Crippen molar-refractivity contribution in [2.24, 2.45) is 0 Å². The molecular formula is C21H27N3O3. The Morgan fingerprint density at radius 3 is 2.78 bits per heavy atom. The lowest BCUT2D eigenvalue weighted by molar-refractivity contribution is 0.110.